The van der Waals surface area contributed by atoms with Gasteiger partial charge in [-0.05, 0) is 32.9 Å². The van der Waals surface area contributed by atoms with E-state index in [1.807, 2.05) is 32.9 Å². The van der Waals surface area contributed by atoms with Gasteiger partial charge in [0, 0.05) is 36.8 Å². The second-order valence-corrected chi connectivity index (χ2v) is 8.18. The fourth-order valence-electron chi connectivity index (χ4n) is 3.26. The number of benzene rings is 1. The zero-order valence-electron chi connectivity index (χ0n) is 16.3. The third-order valence-corrected chi connectivity index (χ3v) is 4.78. The smallest absolute Gasteiger partial charge is 0.410 e. The summed E-state index contributed by atoms with van der Waals surface area (Å²) < 4.78 is 10.9. The Balaban J connectivity index is 1.56. The molecule has 1 aromatic carbocycles. The average molecular weight is 395 g/mol. The van der Waals surface area contributed by atoms with Gasteiger partial charge >= 0.3 is 6.09 Å². The van der Waals surface area contributed by atoms with Crippen LogP contribution in [0.2, 0.25) is 5.02 Å². The van der Waals surface area contributed by atoms with Crippen molar-refractivity contribution in [3.8, 4) is 5.75 Å². The van der Waals surface area contributed by atoms with Crippen molar-refractivity contribution in [2.75, 3.05) is 33.3 Å². The number of hydrogen-bond donors (Lipinski definition) is 1. The van der Waals surface area contributed by atoms with E-state index < -0.39 is 5.60 Å². The first-order valence-corrected chi connectivity index (χ1v) is 9.50. The maximum Gasteiger partial charge on any atom is 0.410 e. The number of carbonyl (C=O) groups excluding carboxylic acids is 1. The van der Waals surface area contributed by atoms with E-state index in [1.54, 1.807) is 18.1 Å². The third-order valence-electron chi connectivity index (χ3n) is 4.54. The molecule has 0 saturated carbocycles. The Kier molecular flexibility index (Phi) is 5.69. The van der Waals surface area contributed by atoms with Gasteiger partial charge in [0.25, 0.3) is 0 Å². The molecule has 0 spiro atoms. The summed E-state index contributed by atoms with van der Waals surface area (Å²) in [4.78, 5) is 20.9. The highest BCUT2D eigenvalue weighted by Crippen LogP contribution is 2.24. The SMILES string of the molecule is COc1cc(Cl)ccc1CNC1=NCC2CN(C(=O)OC(C)(C)C)CCN12. The Morgan fingerprint density at radius 2 is 2.15 bits per heavy atom. The molecule has 8 heteroatoms. The van der Waals surface area contributed by atoms with E-state index in [2.05, 4.69) is 15.2 Å². The van der Waals surface area contributed by atoms with Gasteiger partial charge in [0.1, 0.15) is 11.4 Å². The molecule has 2 heterocycles. The van der Waals surface area contributed by atoms with Gasteiger partial charge in [-0.3, -0.25) is 4.99 Å². The zero-order valence-corrected chi connectivity index (χ0v) is 17.0. The highest BCUT2D eigenvalue weighted by molar-refractivity contribution is 6.30. The first-order chi connectivity index (χ1) is 12.8. The summed E-state index contributed by atoms with van der Waals surface area (Å²) in [7, 11) is 1.63. The molecule has 0 aliphatic carbocycles. The number of guanidine groups is 1. The second kappa shape index (κ2) is 7.84. The molecule has 0 radical (unpaired) electrons. The molecular weight excluding hydrogens is 368 g/mol. The van der Waals surface area contributed by atoms with Crippen molar-refractivity contribution in [1.82, 2.24) is 15.1 Å². The zero-order chi connectivity index (χ0) is 19.6. The van der Waals surface area contributed by atoms with Crippen molar-refractivity contribution in [3.05, 3.63) is 28.8 Å². The highest BCUT2D eigenvalue weighted by Gasteiger charge is 2.36. The van der Waals surface area contributed by atoms with Gasteiger partial charge in [0.2, 0.25) is 0 Å². The lowest BCUT2D eigenvalue weighted by atomic mass is 10.2. The first-order valence-electron chi connectivity index (χ1n) is 9.12. The number of rotatable bonds is 3. The van der Waals surface area contributed by atoms with Gasteiger partial charge in [-0.1, -0.05) is 17.7 Å². The van der Waals surface area contributed by atoms with E-state index >= 15 is 0 Å². The fourth-order valence-corrected chi connectivity index (χ4v) is 3.42. The number of ether oxygens (including phenoxy) is 2. The molecule has 1 atom stereocenters. The second-order valence-electron chi connectivity index (χ2n) is 7.75. The Morgan fingerprint density at radius 3 is 2.85 bits per heavy atom. The Morgan fingerprint density at radius 1 is 1.37 bits per heavy atom. The minimum atomic E-state index is -0.481. The average Bonchev–Trinajstić information content (AvgIpc) is 3.01. The summed E-state index contributed by atoms with van der Waals surface area (Å²) in [5.74, 6) is 1.61. The molecule has 0 aromatic heterocycles. The van der Waals surface area contributed by atoms with Crippen LogP contribution in [0.1, 0.15) is 26.3 Å². The van der Waals surface area contributed by atoms with Gasteiger partial charge < -0.3 is 24.6 Å². The number of piperazine rings is 1. The van der Waals surface area contributed by atoms with Crippen molar-refractivity contribution >= 4 is 23.7 Å². The van der Waals surface area contributed by atoms with Gasteiger partial charge in [0.05, 0.1) is 19.7 Å². The van der Waals surface area contributed by atoms with E-state index in [0.29, 0.717) is 31.2 Å². The lowest BCUT2D eigenvalue weighted by molar-refractivity contribution is 0.0137. The molecule has 7 nitrogen and oxygen atoms in total. The molecule has 27 heavy (non-hydrogen) atoms. The monoisotopic (exact) mass is 394 g/mol. The van der Waals surface area contributed by atoms with Crippen molar-refractivity contribution in [3.63, 3.8) is 0 Å². The van der Waals surface area contributed by atoms with Gasteiger partial charge in [-0.15, -0.1) is 0 Å². The van der Waals surface area contributed by atoms with Crippen LogP contribution >= 0.6 is 11.6 Å². The van der Waals surface area contributed by atoms with Crippen LogP contribution in [0.3, 0.4) is 0 Å². The molecule has 1 fully saturated rings. The quantitative estimate of drug-likeness (QED) is 0.853. The van der Waals surface area contributed by atoms with E-state index in [1.165, 1.54) is 0 Å². The summed E-state index contributed by atoms with van der Waals surface area (Å²) in [5, 5.41) is 4.04. The Hall–Kier alpha value is -2.15. The normalized spacial score (nSPS) is 19.4. The van der Waals surface area contributed by atoms with Gasteiger partial charge in [-0.2, -0.15) is 0 Å². The van der Waals surface area contributed by atoms with E-state index in [4.69, 9.17) is 21.1 Å². The largest absolute Gasteiger partial charge is 0.496 e. The molecule has 3 rings (SSSR count). The van der Waals surface area contributed by atoms with Crippen LogP contribution in [0.25, 0.3) is 0 Å². The molecule has 2 aliphatic rings. The Bertz CT molecular complexity index is 732. The van der Waals surface area contributed by atoms with Crippen molar-refractivity contribution in [1.29, 1.82) is 0 Å². The van der Waals surface area contributed by atoms with Crippen LogP contribution in [-0.4, -0.2) is 66.8 Å². The third kappa shape index (κ3) is 4.77. The summed E-state index contributed by atoms with van der Waals surface area (Å²) in [6.07, 6.45) is -0.255. The summed E-state index contributed by atoms with van der Waals surface area (Å²) in [5.41, 5.74) is 0.533. The van der Waals surface area contributed by atoms with Gasteiger partial charge in [-0.25, -0.2) is 4.79 Å². The summed E-state index contributed by atoms with van der Waals surface area (Å²) in [6, 6.07) is 5.78. The Labute approximate surface area is 165 Å². The number of aliphatic imine (C=N–C) groups is 1. The number of amides is 1. The predicted octanol–water partition coefficient (Wildman–Crippen LogP) is 2.73. The lowest BCUT2D eigenvalue weighted by Gasteiger charge is -2.39. The van der Waals surface area contributed by atoms with Gasteiger partial charge in [0.15, 0.2) is 5.96 Å². The summed E-state index contributed by atoms with van der Waals surface area (Å²) >= 11 is 6.02. The molecule has 2 aliphatic heterocycles. The highest BCUT2D eigenvalue weighted by atomic mass is 35.5. The lowest BCUT2D eigenvalue weighted by Crippen LogP contribution is -2.57. The van der Waals surface area contributed by atoms with E-state index in [-0.39, 0.29) is 12.1 Å². The predicted molar refractivity (Wildman–Crippen MR) is 105 cm³/mol. The molecule has 1 unspecified atom stereocenters. The van der Waals surface area contributed by atoms with Crippen LogP contribution < -0.4 is 10.1 Å². The van der Waals surface area contributed by atoms with Crippen LogP contribution in [-0.2, 0) is 11.3 Å². The first kappa shape index (κ1) is 19.6. The van der Waals surface area contributed by atoms with Crippen LogP contribution in [0.5, 0.6) is 5.75 Å². The molecule has 0 bridgehead atoms. The van der Waals surface area contributed by atoms with Crippen molar-refractivity contribution in [2.24, 2.45) is 4.99 Å². The molecule has 1 amide bonds. The number of methoxy groups -OCH3 is 1. The molecular formula is C19H27ClN4O3. The molecule has 148 valence electrons. The maximum absolute atomic E-state index is 12.3. The number of nitrogens with zero attached hydrogens (tertiary/aromatic N) is 3. The van der Waals surface area contributed by atoms with Crippen molar-refractivity contribution < 1.29 is 14.3 Å². The molecule has 1 saturated heterocycles. The van der Waals surface area contributed by atoms with Crippen molar-refractivity contribution in [2.45, 2.75) is 39.0 Å². The van der Waals surface area contributed by atoms with Crippen LogP contribution in [0, 0.1) is 0 Å². The topological polar surface area (TPSA) is 66.4 Å². The number of fused-ring (bicyclic) bond motifs is 1. The molecule has 1 aromatic rings. The van der Waals surface area contributed by atoms with E-state index in [0.717, 1.165) is 23.8 Å². The van der Waals surface area contributed by atoms with Crippen LogP contribution in [0.15, 0.2) is 23.2 Å². The van der Waals surface area contributed by atoms with Crippen LogP contribution in [0.4, 0.5) is 4.79 Å². The fraction of sp³-hybridized carbons (Fsp3) is 0.579. The number of halogens is 1. The number of carbonyl (C=O) groups is 1. The minimum absolute atomic E-state index is 0.181. The standard InChI is InChI=1S/C19H27ClN4O3/c1-19(2,3)27-18(25)23-7-8-24-15(12-23)11-22-17(24)21-10-13-5-6-14(20)9-16(13)26-4/h5-6,9,15H,7-8,10-12H2,1-4H3,(H,21,22). The minimum Gasteiger partial charge on any atom is -0.496 e. The number of nitrogens with one attached hydrogen (secondary N) is 1. The number of hydrogen-bond acceptors (Lipinski definition) is 6. The summed E-state index contributed by atoms with van der Waals surface area (Å²) in [6.45, 7) is 8.88. The maximum atomic E-state index is 12.3. The van der Waals surface area contributed by atoms with E-state index in [9.17, 15) is 4.79 Å². The molecule has 1 N–H and O–H groups in total.